The number of hydrogen-bond acceptors (Lipinski definition) is 7. The van der Waals surface area contributed by atoms with Crippen molar-refractivity contribution in [1.82, 2.24) is 9.55 Å². The molecule has 1 aliphatic heterocycles. The number of nitrogens with zero attached hydrogens (tertiary/aromatic N) is 1. The molecule has 0 amide bonds. The fourth-order valence-corrected chi connectivity index (χ4v) is 4.12. The molecule has 10 heteroatoms. The van der Waals surface area contributed by atoms with Gasteiger partial charge in [-0.25, -0.2) is 4.79 Å². The van der Waals surface area contributed by atoms with Crippen LogP contribution >= 0.6 is 7.60 Å². The Hall–Kier alpha value is -2.35. The van der Waals surface area contributed by atoms with E-state index >= 15 is 0 Å². The van der Waals surface area contributed by atoms with Crippen LogP contribution in [0.3, 0.4) is 0 Å². The van der Waals surface area contributed by atoms with Gasteiger partial charge < -0.3 is 23.1 Å². The van der Waals surface area contributed by atoms with Gasteiger partial charge in [-0.15, -0.1) is 0 Å². The van der Waals surface area contributed by atoms with Crippen LogP contribution in [-0.2, 0) is 29.6 Å². The molecule has 166 valence electrons. The van der Waals surface area contributed by atoms with E-state index in [9.17, 15) is 14.2 Å². The van der Waals surface area contributed by atoms with Gasteiger partial charge in [0.25, 0.3) is 11.5 Å². The summed E-state index contributed by atoms with van der Waals surface area (Å²) in [7, 11) is -3.36. The minimum atomic E-state index is -3.36. The molecule has 30 heavy (non-hydrogen) atoms. The molecule has 2 rings (SSSR count). The smallest absolute Gasteiger partial charge is 0.353 e. The summed E-state index contributed by atoms with van der Waals surface area (Å²) in [5.74, 6) is 1.62. The second kappa shape index (κ2) is 11.7. The lowest BCUT2D eigenvalue weighted by Gasteiger charge is -2.19. The Morgan fingerprint density at radius 1 is 1.30 bits per heavy atom. The van der Waals surface area contributed by atoms with Crippen molar-refractivity contribution in [2.75, 3.05) is 26.4 Å². The second-order valence-electron chi connectivity index (χ2n) is 6.57. The number of aryl methyl sites for hydroxylation is 2. The third-order valence-electron chi connectivity index (χ3n) is 4.22. The molecule has 0 spiro atoms. The molecule has 0 aromatic carbocycles. The molecular weight excluding hydrogens is 411 g/mol. The molecule has 0 fully saturated rings. The molecule has 1 aromatic heterocycles. The van der Waals surface area contributed by atoms with Crippen molar-refractivity contribution in [3.8, 4) is 0 Å². The minimum Gasteiger partial charge on any atom is -0.465 e. The molecule has 0 saturated heterocycles. The number of nitrogens with one attached hydrogen (secondary N) is 1. The zero-order chi connectivity index (χ0) is 22.0. The number of allylic oxidation sites excluding steroid dienone is 2. The predicted molar refractivity (Wildman–Crippen MR) is 113 cm³/mol. The molecular formula is C20H29N2O7P. The van der Waals surface area contributed by atoms with Crippen molar-refractivity contribution >= 4 is 7.60 Å². The van der Waals surface area contributed by atoms with E-state index in [4.69, 9.17) is 18.5 Å². The van der Waals surface area contributed by atoms with Crippen LogP contribution in [0.4, 0.5) is 0 Å². The quantitative estimate of drug-likeness (QED) is 0.498. The van der Waals surface area contributed by atoms with Crippen LogP contribution in [0.2, 0.25) is 0 Å². The van der Waals surface area contributed by atoms with Crippen molar-refractivity contribution in [2.45, 2.75) is 33.7 Å². The zero-order valence-corrected chi connectivity index (χ0v) is 18.4. The van der Waals surface area contributed by atoms with E-state index in [1.54, 1.807) is 32.9 Å². The van der Waals surface area contributed by atoms with Crippen LogP contribution in [0, 0.1) is 12.8 Å². The van der Waals surface area contributed by atoms with Crippen LogP contribution in [0.5, 0.6) is 0 Å². The van der Waals surface area contributed by atoms with Gasteiger partial charge in [-0.3, -0.25) is 14.3 Å². The van der Waals surface area contributed by atoms with Gasteiger partial charge in [0.15, 0.2) is 0 Å². The highest BCUT2D eigenvalue weighted by molar-refractivity contribution is 7.57. The first-order valence-corrected chi connectivity index (χ1v) is 11.5. The van der Waals surface area contributed by atoms with Gasteiger partial charge in [-0.05, 0) is 33.3 Å². The first-order chi connectivity index (χ1) is 14.4. The molecule has 2 heterocycles. The third-order valence-corrected chi connectivity index (χ3v) is 5.99. The highest BCUT2D eigenvalue weighted by Crippen LogP contribution is 2.49. The average Bonchev–Trinajstić information content (AvgIpc) is 2.72. The minimum absolute atomic E-state index is 0.214. The van der Waals surface area contributed by atoms with Crippen LogP contribution in [0.15, 0.2) is 51.9 Å². The fraction of sp³-hybridized carbons (Fsp3) is 0.500. The molecule has 0 radical (unpaired) electrons. The average molecular weight is 440 g/mol. The Bertz CT molecular complexity index is 935. The standard InChI is InChI=1S/C20H29N2O7P/c1-4-28-30(25,29-5-2)13-10-17(15-27-18-8-6-7-12-26-18)9-11-22-14-16(3)19(23)21-20(22)24/h6-8,10,13-14,17H,4-5,9,11-12,15H2,1-3H3,(H,21,23,24)/t17-/m1/s1. The van der Waals surface area contributed by atoms with Gasteiger partial charge in [0.2, 0.25) is 0 Å². The Labute approximate surface area is 175 Å². The van der Waals surface area contributed by atoms with Gasteiger partial charge in [-0.1, -0.05) is 12.2 Å². The maximum absolute atomic E-state index is 12.7. The largest absolute Gasteiger partial charge is 0.465 e. The van der Waals surface area contributed by atoms with Gasteiger partial charge >= 0.3 is 13.3 Å². The summed E-state index contributed by atoms with van der Waals surface area (Å²) in [5.41, 5.74) is -0.436. The summed E-state index contributed by atoms with van der Waals surface area (Å²) in [6.45, 7) is 6.63. The number of aromatic nitrogens is 2. The zero-order valence-electron chi connectivity index (χ0n) is 17.5. The summed E-state index contributed by atoms with van der Waals surface area (Å²) < 4.78 is 35.8. The normalized spacial score (nSPS) is 15.1. The maximum atomic E-state index is 12.7. The summed E-state index contributed by atoms with van der Waals surface area (Å²) in [5, 5.41) is 0. The number of hydrogen-bond donors (Lipinski definition) is 1. The molecule has 0 aliphatic carbocycles. The van der Waals surface area contributed by atoms with Crippen molar-refractivity contribution in [2.24, 2.45) is 5.92 Å². The Morgan fingerprint density at radius 3 is 2.67 bits per heavy atom. The lowest BCUT2D eigenvalue weighted by atomic mass is 10.1. The number of rotatable bonds is 12. The van der Waals surface area contributed by atoms with E-state index in [2.05, 4.69) is 4.98 Å². The van der Waals surface area contributed by atoms with Crippen molar-refractivity contribution in [3.63, 3.8) is 0 Å². The van der Waals surface area contributed by atoms with E-state index in [1.165, 1.54) is 16.6 Å². The van der Waals surface area contributed by atoms with Gasteiger partial charge in [0, 0.05) is 36.1 Å². The molecule has 1 N–H and O–H groups in total. The van der Waals surface area contributed by atoms with Gasteiger partial charge in [0.05, 0.1) is 19.8 Å². The first-order valence-electron chi connectivity index (χ1n) is 9.87. The second-order valence-corrected chi connectivity index (χ2v) is 8.46. The topological polar surface area (TPSA) is 109 Å². The van der Waals surface area contributed by atoms with Crippen LogP contribution in [0.1, 0.15) is 25.8 Å². The highest BCUT2D eigenvalue weighted by atomic mass is 31.2. The lowest BCUT2D eigenvalue weighted by molar-refractivity contribution is 0.0332. The lowest BCUT2D eigenvalue weighted by Crippen LogP contribution is -2.31. The Balaban J connectivity index is 2.14. The van der Waals surface area contributed by atoms with E-state index in [-0.39, 0.29) is 25.7 Å². The SMILES string of the molecule is CCOP(=O)(C=C[C@@H](CCn1cc(C)c(=O)[nH]c1=O)COC1=CC=CCO1)OCC. The molecule has 0 bridgehead atoms. The van der Waals surface area contributed by atoms with E-state index in [0.717, 1.165) is 0 Å². The van der Waals surface area contributed by atoms with E-state index < -0.39 is 18.8 Å². The Kier molecular flexibility index (Phi) is 9.36. The summed E-state index contributed by atoms with van der Waals surface area (Å²) >= 11 is 0. The third kappa shape index (κ3) is 7.48. The van der Waals surface area contributed by atoms with Crippen LogP contribution in [0.25, 0.3) is 0 Å². The first kappa shape index (κ1) is 23.9. The predicted octanol–water partition coefficient (Wildman–Crippen LogP) is 3.08. The van der Waals surface area contributed by atoms with Crippen molar-refractivity contribution in [3.05, 3.63) is 68.7 Å². The highest BCUT2D eigenvalue weighted by Gasteiger charge is 2.20. The number of H-pyrrole nitrogens is 1. The molecule has 0 saturated carbocycles. The summed E-state index contributed by atoms with van der Waals surface area (Å²) in [4.78, 5) is 25.9. The number of ether oxygens (including phenoxy) is 2. The van der Waals surface area contributed by atoms with Crippen molar-refractivity contribution in [1.29, 1.82) is 0 Å². The van der Waals surface area contributed by atoms with E-state index in [1.807, 2.05) is 12.2 Å². The Morgan fingerprint density at radius 2 is 2.03 bits per heavy atom. The summed E-state index contributed by atoms with van der Waals surface area (Å²) in [6.07, 6.45) is 9.13. The van der Waals surface area contributed by atoms with Crippen LogP contribution < -0.4 is 11.2 Å². The molecule has 9 nitrogen and oxygen atoms in total. The molecule has 1 aromatic rings. The van der Waals surface area contributed by atoms with Gasteiger partial charge in [-0.2, -0.15) is 0 Å². The molecule has 1 aliphatic rings. The monoisotopic (exact) mass is 440 g/mol. The van der Waals surface area contributed by atoms with Crippen molar-refractivity contribution < 1.29 is 23.1 Å². The summed E-state index contributed by atoms with van der Waals surface area (Å²) in [6, 6.07) is 0. The maximum Gasteiger partial charge on any atom is 0.353 e. The number of aromatic amines is 1. The van der Waals surface area contributed by atoms with Crippen LogP contribution in [-0.4, -0.2) is 36.0 Å². The molecule has 1 atom stereocenters. The molecule has 0 unspecified atom stereocenters. The van der Waals surface area contributed by atoms with E-state index in [0.29, 0.717) is 31.1 Å². The van der Waals surface area contributed by atoms with Gasteiger partial charge in [0.1, 0.15) is 6.61 Å². The fourth-order valence-electron chi connectivity index (χ4n) is 2.69.